The van der Waals surface area contributed by atoms with Crippen LogP contribution in [0.5, 0.6) is 0 Å². The second-order valence-corrected chi connectivity index (χ2v) is 6.16. The maximum absolute atomic E-state index is 12.8. The normalized spacial score (nSPS) is 26.6. The van der Waals surface area contributed by atoms with E-state index in [2.05, 4.69) is 10.4 Å². The van der Waals surface area contributed by atoms with Crippen LogP contribution in [0.1, 0.15) is 38.2 Å². The quantitative estimate of drug-likeness (QED) is 0.898. The summed E-state index contributed by atoms with van der Waals surface area (Å²) >= 11 is 0. The van der Waals surface area contributed by atoms with Gasteiger partial charge in [0.1, 0.15) is 5.60 Å². The van der Waals surface area contributed by atoms with Crippen molar-refractivity contribution in [2.45, 2.75) is 50.4 Å². The first-order valence-corrected chi connectivity index (χ1v) is 7.20. The number of aliphatic hydroxyl groups is 1. The van der Waals surface area contributed by atoms with Crippen LogP contribution >= 0.6 is 0 Å². The molecule has 1 fully saturated rings. The van der Waals surface area contributed by atoms with Gasteiger partial charge in [0.2, 0.25) is 0 Å². The topological polar surface area (TPSA) is 50.1 Å². The molecular formula is C14H22F3N3O. The molecule has 7 heteroatoms. The van der Waals surface area contributed by atoms with Gasteiger partial charge in [0.15, 0.2) is 0 Å². The molecule has 0 aromatic carbocycles. The van der Waals surface area contributed by atoms with Crippen molar-refractivity contribution in [3.05, 3.63) is 18.0 Å². The van der Waals surface area contributed by atoms with Crippen LogP contribution in [0.15, 0.2) is 12.4 Å². The highest BCUT2D eigenvalue weighted by Crippen LogP contribution is 2.37. The number of halogens is 3. The lowest BCUT2D eigenvalue weighted by molar-refractivity contribution is -0.183. The van der Waals surface area contributed by atoms with Gasteiger partial charge in [-0.25, -0.2) is 0 Å². The van der Waals surface area contributed by atoms with E-state index in [0.29, 0.717) is 12.0 Å². The summed E-state index contributed by atoms with van der Waals surface area (Å²) in [5.74, 6) is -1.23. The van der Waals surface area contributed by atoms with E-state index < -0.39 is 17.7 Å². The molecule has 2 rings (SSSR count). The van der Waals surface area contributed by atoms with E-state index in [1.54, 1.807) is 31.0 Å². The molecule has 0 amide bonds. The monoisotopic (exact) mass is 305 g/mol. The zero-order valence-electron chi connectivity index (χ0n) is 12.3. The Morgan fingerprint density at radius 2 is 2.14 bits per heavy atom. The van der Waals surface area contributed by atoms with Crippen LogP contribution in [-0.4, -0.2) is 33.6 Å². The SMILES string of the molecule is Cn1cc([C@](C)(O)CN[C@H]2CCC[C@@H](C(F)(F)F)C2)cn1. The van der Waals surface area contributed by atoms with Crippen LogP contribution in [0.4, 0.5) is 13.2 Å². The van der Waals surface area contributed by atoms with Gasteiger partial charge in [-0.1, -0.05) is 6.42 Å². The summed E-state index contributed by atoms with van der Waals surface area (Å²) in [4.78, 5) is 0. The highest BCUT2D eigenvalue weighted by molar-refractivity contribution is 5.14. The number of rotatable bonds is 4. The average Bonchev–Trinajstić information content (AvgIpc) is 2.83. The van der Waals surface area contributed by atoms with Crippen molar-refractivity contribution in [2.75, 3.05) is 6.54 Å². The summed E-state index contributed by atoms with van der Waals surface area (Å²) in [6, 6.07) is -0.200. The second kappa shape index (κ2) is 5.96. The maximum Gasteiger partial charge on any atom is 0.391 e. The Hall–Kier alpha value is -1.08. The Balaban J connectivity index is 1.90. The first-order chi connectivity index (χ1) is 9.68. The molecule has 0 saturated heterocycles. The summed E-state index contributed by atoms with van der Waals surface area (Å²) in [5.41, 5.74) is -0.486. The second-order valence-electron chi connectivity index (χ2n) is 6.16. The number of nitrogens with zero attached hydrogens (tertiary/aromatic N) is 2. The lowest BCUT2D eigenvalue weighted by Gasteiger charge is -2.33. The molecule has 2 N–H and O–H groups in total. The van der Waals surface area contributed by atoms with Gasteiger partial charge in [-0.15, -0.1) is 0 Å². The van der Waals surface area contributed by atoms with E-state index in [1.165, 1.54) is 0 Å². The first kappa shape index (κ1) is 16.3. The summed E-state index contributed by atoms with van der Waals surface area (Å²) < 4.78 is 39.9. The van der Waals surface area contributed by atoms with Crippen molar-refractivity contribution in [1.29, 1.82) is 0 Å². The lowest BCUT2D eigenvalue weighted by Crippen LogP contribution is -2.44. The molecule has 0 unspecified atom stereocenters. The Kier molecular flexibility index (Phi) is 4.63. The van der Waals surface area contributed by atoms with Gasteiger partial charge in [0, 0.05) is 31.4 Å². The van der Waals surface area contributed by atoms with Crippen molar-refractivity contribution >= 4 is 0 Å². The molecule has 1 saturated carbocycles. The third-order valence-electron chi connectivity index (χ3n) is 4.20. The van der Waals surface area contributed by atoms with E-state index in [-0.39, 0.29) is 25.4 Å². The highest BCUT2D eigenvalue weighted by Gasteiger charge is 2.42. The number of aromatic nitrogens is 2. The zero-order chi connectivity index (χ0) is 15.7. The molecule has 0 bridgehead atoms. The maximum atomic E-state index is 12.8. The van der Waals surface area contributed by atoms with Crippen LogP contribution in [-0.2, 0) is 12.6 Å². The molecule has 1 heterocycles. The van der Waals surface area contributed by atoms with E-state index >= 15 is 0 Å². The summed E-state index contributed by atoms with van der Waals surface area (Å²) in [5, 5.41) is 17.5. The standard InChI is InChI=1S/C14H22F3N3O/c1-13(21,11-7-19-20(2)8-11)9-18-12-5-3-4-10(6-12)14(15,16)17/h7-8,10,12,18,21H,3-6,9H2,1-2H3/t10-,12+,13-/m1/s1. The fourth-order valence-electron chi connectivity index (χ4n) is 2.82. The fourth-order valence-corrected chi connectivity index (χ4v) is 2.82. The van der Waals surface area contributed by atoms with Crippen LogP contribution in [0, 0.1) is 5.92 Å². The van der Waals surface area contributed by atoms with Crippen LogP contribution in [0.2, 0.25) is 0 Å². The van der Waals surface area contributed by atoms with Gasteiger partial charge in [-0.2, -0.15) is 18.3 Å². The van der Waals surface area contributed by atoms with E-state index in [1.807, 2.05) is 0 Å². The Labute approximate surface area is 122 Å². The average molecular weight is 305 g/mol. The predicted molar refractivity (Wildman–Crippen MR) is 72.6 cm³/mol. The Morgan fingerprint density at radius 3 is 2.71 bits per heavy atom. The molecule has 0 spiro atoms. The molecule has 21 heavy (non-hydrogen) atoms. The molecule has 4 nitrogen and oxygen atoms in total. The Bertz CT molecular complexity index is 470. The third kappa shape index (κ3) is 4.20. The van der Waals surface area contributed by atoms with Crippen molar-refractivity contribution in [3.8, 4) is 0 Å². The Morgan fingerprint density at radius 1 is 1.43 bits per heavy atom. The largest absolute Gasteiger partial charge is 0.391 e. The molecule has 1 aromatic rings. The lowest BCUT2D eigenvalue weighted by atomic mass is 9.85. The number of hydrogen-bond donors (Lipinski definition) is 2. The number of nitrogens with one attached hydrogen (secondary N) is 1. The number of hydrogen-bond acceptors (Lipinski definition) is 3. The molecule has 1 aliphatic rings. The van der Waals surface area contributed by atoms with Gasteiger partial charge in [0.05, 0.1) is 12.1 Å². The molecule has 3 atom stereocenters. The molecule has 0 aliphatic heterocycles. The number of aryl methyl sites for hydroxylation is 1. The van der Waals surface area contributed by atoms with Gasteiger partial charge in [-0.3, -0.25) is 4.68 Å². The minimum atomic E-state index is -4.12. The minimum Gasteiger partial charge on any atom is -0.384 e. The van der Waals surface area contributed by atoms with E-state index in [0.717, 1.165) is 6.42 Å². The molecule has 1 aliphatic carbocycles. The summed E-state index contributed by atoms with van der Waals surface area (Å²) in [6.45, 7) is 1.86. The van der Waals surface area contributed by atoms with Crippen molar-refractivity contribution in [2.24, 2.45) is 13.0 Å². The number of alkyl halides is 3. The van der Waals surface area contributed by atoms with E-state index in [9.17, 15) is 18.3 Å². The zero-order valence-corrected chi connectivity index (χ0v) is 12.3. The van der Waals surface area contributed by atoms with Gasteiger partial charge < -0.3 is 10.4 Å². The molecular weight excluding hydrogens is 283 g/mol. The van der Waals surface area contributed by atoms with Crippen molar-refractivity contribution in [3.63, 3.8) is 0 Å². The minimum absolute atomic E-state index is 0.0899. The summed E-state index contributed by atoms with van der Waals surface area (Å²) in [6.07, 6.45) is 0.744. The van der Waals surface area contributed by atoms with Gasteiger partial charge in [-0.05, 0) is 26.2 Å². The fraction of sp³-hybridized carbons (Fsp3) is 0.786. The summed E-state index contributed by atoms with van der Waals surface area (Å²) in [7, 11) is 1.75. The van der Waals surface area contributed by atoms with E-state index in [4.69, 9.17) is 0 Å². The highest BCUT2D eigenvalue weighted by atomic mass is 19.4. The molecule has 0 radical (unpaired) electrons. The third-order valence-corrected chi connectivity index (χ3v) is 4.20. The van der Waals surface area contributed by atoms with Gasteiger partial charge >= 0.3 is 6.18 Å². The smallest absolute Gasteiger partial charge is 0.384 e. The van der Waals surface area contributed by atoms with Gasteiger partial charge in [0.25, 0.3) is 0 Å². The van der Waals surface area contributed by atoms with Crippen molar-refractivity contribution in [1.82, 2.24) is 15.1 Å². The molecule has 1 aromatic heterocycles. The van der Waals surface area contributed by atoms with Crippen LogP contribution < -0.4 is 5.32 Å². The molecule has 120 valence electrons. The van der Waals surface area contributed by atoms with Crippen molar-refractivity contribution < 1.29 is 18.3 Å². The van der Waals surface area contributed by atoms with Crippen LogP contribution in [0.25, 0.3) is 0 Å². The van der Waals surface area contributed by atoms with Crippen LogP contribution in [0.3, 0.4) is 0 Å². The predicted octanol–water partition coefficient (Wildman–Crippen LogP) is 2.34. The first-order valence-electron chi connectivity index (χ1n) is 7.20.